The Balaban J connectivity index is 2.17. The number of nitrogens with two attached hydrogens (primary N) is 1. The molecule has 3 nitrogen and oxygen atoms in total. The van der Waals surface area contributed by atoms with Crippen LogP contribution in [0.15, 0.2) is 23.1 Å². The monoisotopic (exact) mass is 233 g/mol. The molecule has 0 bridgehead atoms. The highest BCUT2D eigenvalue weighted by atomic mass is 32.2. The standard InChI is InChI=1S/C12H15N3S/c1-16-9-3-4-11-10(6-9)14-12-5-2-8(13)7-15(11)12/h3-4,6,8H,2,5,7,13H2,1H3/t8-/m1/s1. The van der Waals surface area contributed by atoms with Gasteiger partial charge in [0, 0.05) is 23.9 Å². The molecule has 0 saturated carbocycles. The summed E-state index contributed by atoms with van der Waals surface area (Å²) >= 11 is 1.76. The fourth-order valence-corrected chi connectivity index (χ4v) is 2.75. The first kappa shape index (κ1) is 10.2. The van der Waals surface area contributed by atoms with Crippen LogP contribution in [-0.4, -0.2) is 21.8 Å². The van der Waals surface area contributed by atoms with Crippen molar-refractivity contribution in [1.29, 1.82) is 0 Å². The Labute approximate surface area is 99.0 Å². The number of hydrogen-bond donors (Lipinski definition) is 1. The first-order valence-electron chi connectivity index (χ1n) is 5.56. The highest BCUT2D eigenvalue weighted by molar-refractivity contribution is 7.98. The van der Waals surface area contributed by atoms with Crippen LogP contribution >= 0.6 is 11.8 Å². The summed E-state index contributed by atoms with van der Waals surface area (Å²) in [5.74, 6) is 1.19. The van der Waals surface area contributed by atoms with Gasteiger partial charge in [0.2, 0.25) is 0 Å². The minimum atomic E-state index is 0.283. The van der Waals surface area contributed by atoms with E-state index in [-0.39, 0.29) is 6.04 Å². The molecular formula is C12H15N3S. The normalized spacial score (nSPS) is 20.0. The number of hydrogen-bond acceptors (Lipinski definition) is 3. The van der Waals surface area contributed by atoms with E-state index in [2.05, 4.69) is 29.0 Å². The molecule has 1 aliphatic heterocycles. The summed E-state index contributed by atoms with van der Waals surface area (Å²) in [7, 11) is 0. The lowest BCUT2D eigenvalue weighted by Crippen LogP contribution is -2.31. The van der Waals surface area contributed by atoms with Crippen molar-refractivity contribution in [2.75, 3.05) is 6.26 Å². The Morgan fingerprint density at radius 2 is 2.38 bits per heavy atom. The van der Waals surface area contributed by atoms with Gasteiger partial charge in [-0.15, -0.1) is 11.8 Å². The summed E-state index contributed by atoms with van der Waals surface area (Å²) in [6.07, 6.45) is 4.15. The van der Waals surface area contributed by atoms with E-state index < -0.39 is 0 Å². The molecule has 1 aliphatic rings. The maximum absolute atomic E-state index is 6.00. The largest absolute Gasteiger partial charge is 0.326 e. The van der Waals surface area contributed by atoms with Gasteiger partial charge in [0.05, 0.1) is 11.0 Å². The van der Waals surface area contributed by atoms with Crippen molar-refractivity contribution in [3.05, 3.63) is 24.0 Å². The number of benzene rings is 1. The fraction of sp³-hybridized carbons (Fsp3) is 0.417. The van der Waals surface area contributed by atoms with Gasteiger partial charge in [-0.2, -0.15) is 0 Å². The van der Waals surface area contributed by atoms with Crippen LogP contribution < -0.4 is 5.73 Å². The smallest absolute Gasteiger partial charge is 0.109 e. The molecule has 0 unspecified atom stereocenters. The molecule has 3 rings (SSSR count). The minimum absolute atomic E-state index is 0.283. The zero-order valence-electron chi connectivity index (χ0n) is 9.31. The van der Waals surface area contributed by atoms with Gasteiger partial charge in [0.1, 0.15) is 5.82 Å². The third kappa shape index (κ3) is 1.53. The van der Waals surface area contributed by atoms with Crippen LogP contribution in [0.2, 0.25) is 0 Å². The Kier molecular flexibility index (Phi) is 2.41. The van der Waals surface area contributed by atoms with E-state index in [1.54, 1.807) is 11.8 Å². The van der Waals surface area contributed by atoms with Crippen LogP contribution in [-0.2, 0) is 13.0 Å². The molecule has 0 radical (unpaired) electrons. The van der Waals surface area contributed by atoms with Gasteiger partial charge in [-0.3, -0.25) is 0 Å². The molecule has 0 saturated heterocycles. The van der Waals surface area contributed by atoms with Gasteiger partial charge in [0.25, 0.3) is 0 Å². The van der Waals surface area contributed by atoms with Crippen LogP contribution in [0.4, 0.5) is 0 Å². The van der Waals surface area contributed by atoms with Crippen LogP contribution in [0.3, 0.4) is 0 Å². The van der Waals surface area contributed by atoms with E-state index in [1.165, 1.54) is 16.2 Å². The molecule has 0 amide bonds. The third-order valence-corrected chi connectivity index (χ3v) is 3.92. The van der Waals surface area contributed by atoms with E-state index in [0.29, 0.717) is 0 Å². The molecular weight excluding hydrogens is 218 g/mol. The Morgan fingerprint density at radius 3 is 3.19 bits per heavy atom. The predicted molar refractivity (Wildman–Crippen MR) is 67.8 cm³/mol. The average Bonchev–Trinajstić information content (AvgIpc) is 2.66. The summed E-state index contributed by atoms with van der Waals surface area (Å²) in [4.78, 5) is 5.96. The molecule has 84 valence electrons. The van der Waals surface area contributed by atoms with E-state index in [1.807, 2.05) is 0 Å². The van der Waals surface area contributed by atoms with Gasteiger partial charge in [0.15, 0.2) is 0 Å². The number of aromatic nitrogens is 2. The fourth-order valence-electron chi connectivity index (χ4n) is 2.32. The third-order valence-electron chi connectivity index (χ3n) is 3.19. The minimum Gasteiger partial charge on any atom is -0.326 e. The van der Waals surface area contributed by atoms with Crippen molar-refractivity contribution in [1.82, 2.24) is 9.55 Å². The van der Waals surface area contributed by atoms with Crippen molar-refractivity contribution in [3.63, 3.8) is 0 Å². The van der Waals surface area contributed by atoms with E-state index >= 15 is 0 Å². The molecule has 4 heteroatoms. The van der Waals surface area contributed by atoms with E-state index in [9.17, 15) is 0 Å². The first-order chi connectivity index (χ1) is 7.78. The molecule has 2 N–H and O–H groups in total. The molecule has 0 aliphatic carbocycles. The number of aryl methyl sites for hydroxylation is 1. The number of nitrogens with zero attached hydrogens (tertiary/aromatic N) is 2. The second-order valence-corrected chi connectivity index (χ2v) is 5.17. The van der Waals surface area contributed by atoms with Crippen LogP contribution in [0.5, 0.6) is 0 Å². The second kappa shape index (κ2) is 3.79. The van der Waals surface area contributed by atoms with Crippen molar-refractivity contribution < 1.29 is 0 Å². The molecule has 16 heavy (non-hydrogen) atoms. The average molecular weight is 233 g/mol. The maximum atomic E-state index is 6.00. The lowest BCUT2D eigenvalue weighted by Gasteiger charge is -2.20. The van der Waals surface area contributed by atoms with Crippen LogP contribution in [0.1, 0.15) is 12.2 Å². The molecule has 1 aromatic heterocycles. The van der Waals surface area contributed by atoms with Crippen LogP contribution in [0, 0.1) is 0 Å². The van der Waals surface area contributed by atoms with Crippen molar-refractivity contribution in [2.45, 2.75) is 30.3 Å². The molecule has 0 fully saturated rings. The summed E-state index contributed by atoms with van der Waals surface area (Å²) in [5, 5.41) is 0. The molecule has 0 spiro atoms. The summed E-state index contributed by atoms with van der Waals surface area (Å²) in [6, 6.07) is 6.76. The number of fused-ring (bicyclic) bond motifs is 3. The Morgan fingerprint density at radius 1 is 1.50 bits per heavy atom. The summed E-state index contributed by atoms with van der Waals surface area (Å²) < 4.78 is 2.27. The highest BCUT2D eigenvalue weighted by Gasteiger charge is 2.18. The topological polar surface area (TPSA) is 43.8 Å². The lowest BCUT2D eigenvalue weighted by molar-refractivity contribution is 0.461. The SMILES string of the molecule is CSc1ccc2c(c1)nc1n2C[C@H](N)CC1. The molecule has 2 aromatic rings. The first-order valence-corrected chi connectivity index (χ1v) is 6.79. The zero-order valence-corrected chi connectivity index (χ0v) is 10.1. The van der Waals surface area contributed by atoms with Crippen molar-refractivity contribution in [3.8, 4) is 0 Å². The molecule has 1 aromatic carbocycles. The van der Waals surface area contributed by atoms with Gasteiger partial charge in [-0.05, 0) is 30.9 Å². The van der Waals surface area contributed by atoms with E-state index in [4.69, 9.17) is 10.7 Å². The zero-order chi connectivity index (χ0) is 11.1. The second-order valence-electron chi connectivity index (χ2n) is 4.29. The number of thioether (sulfide) groups is 1. The molecule has 1 atom stereocenters. The van der Waals surface area contributed by atoms with E-state index in [0.717, 1.165) is 24.9 Å². The maximum Gasteiger partial charge on any atom is 0.109 e. The van der Waals surface area contributed by atoms with Gasteiger partial charge in [-0.25, -0.2) is 4.98 Å². The van der Waals surface area contributed by atoms with Crippen molar-refractivity contribution in [2.24, 2.45) is 5.73 Å². The summed E-state index contributed by atoms with van der Waals surface area (Å²) in [6.45, 7) is 0.907. The number of rotatable bonds is 1. The lowest BCUT2D eigenvalue weighted by atomic mass is 10.1. The highest BCUT2D eigenvalue weighted by Crippen LogP contribution is 2.25. The molecule has 2 heterocycles. The Hall–Kier alpha value is -1.00. The predicted octanol–water partition coefficient (Wildman–Crippen LogP) is 2.03. The quantitative estimate of drug-likeness (QED) is 0.766. The van der Waals surface area contributed by atoms with Gasteiger partial charge < -0.3 is 10.3 Å². The number of imidazole rings is 1. The Bertz CT molecular complexity index is 532. The van der Waals surface area contributed by atoms with Crippen LogP contribution in [0.25, 0.3) is 11.0 Å². The van der Waals surface area contributed by atoms with Gasteiger partial charge >= 0.3 is 0 Å². The van der Waals surface area contributed by atoms with Crippen molar-refractivity contribution >= 4 is 22.8 Å². The van der Waals surface area contributed by atoms with Gasteiger partial charge in [-0.1, -0.05) is 0 Å². The summed E-state index contributed by atoms with van der Waals surface area (Å²) in [5.41, 5.74) is 8.34.